The molecule has 208 valence electrons. The molecule has 1 N–H and O–H groups in total. The minimum absolute atomic E-state index is 0.00875. The van der Waals surface area contributed by atoms with Gasteiger partial charge in [0, 0.05) is 29.1 Å². The number of ether oxygens (including phenoxy) is 2. The topological polar surface area (TPSA) is 107 Å². The van der Waals surface area contributed by atoms with Crippen molar-refractivity contribution in [3.8, 4) is 0 Å². The van der Waals surface area contributed by atoms with Gasteiger partial charge in [-0.25, -0.2) is 8.78 Å². The van der Waals surface area contributed by atoms with E-state index in [1.165, 1.54) is 19.1 Å². The molecule has 0 spiro atoms. The smallest absolute Gasteiger partial charge is 0.307 e. The fourth-order valence-corrected chi connectivity index (χ4v) is 9.58. The van der Waals surface area contributed by atoms with Gasteiger partial charge in [0.1, 0.15) is 12.8 Å². The van der Waals surface area contributed by atoms with E-state index in [2.05, 4.69) is 0 Å². The van der Waals surface area contributed by atoms with Crippen LogP contribution >= 0.6 is 11.8 Å². The highest BCUT2D eigenvalue weighted by Crippen LogP contribution is 2.72. The normalized spacial score (nSPS) is 47.5. The lowest BCUT2D eigenvalue weighted by Gasteiger charge is -2.63. The molecule has 0 radical (unpaired) electrons. The monoisotopic (exact) mass is 552 g/mol. The van der Waals surface area contributed by atoms with Crippen molar-refractivity contribution in [1.82, 2.24) is 0 Å². The number of fused-ring (bicyclic) bond motifs is 5. The van der Waals surface area contributed by atoms with Crippen molar-refractivity contribution >= 4 is 34.6 Å². The summed E-state index contributed by atoms with van der Waals surface area (Å²) < 4.78 is 44.2. The van der Waals surface area contributed by atoms with Crippen molar-refractivity contribution in [3.05, 3.63) is 23.8 Å². The molecule has 5 rings (SSSR count). The summed E-state index contributed by atoms with van der Waals surface area (Å²) in [5.74, 6) is -3.58. The van der Waals surface area contributed by atoms with Crippen LogP contribution in [0.5, 0.6) is 0 Å². The number of rotatable bonds is 4. The minimum atomic E-state index is -2.30. The van der Waals surface area contributed by atoms with E-state index in [1.54, 1.807) is 20.8 Å². The van der Waals surface area contributed by atoms with E-state index in [4.69, 9.17) is 9.47 Å². The van der Waals surface area contributed by atoms with E-state index >= 15 is 8.78 Å². The Bertz CT molecular complexity index is 1150. The molecule has 0 amide bonds. The van der Waals surface area contributed by atoms with Crippen LogP contribution in [0.1, 0.15) is 59.8 Å². The molecule has 0 aromatic rings. The van der Waals surface area contributed by atoms with Gasteiger partial charge in [0.15, 0.2) is 17.1 Å². The first-order chi connectivity index (χ1) is 17.7. The average molecular weight is 553 g/mol. The molecule has 1 aliphatic heterocycles. The van der Waals surface area contributed by atoms with Crippen LogP contribution in [0.25, 0.3) is 0 Å². The van der Waals surface area contributed by atoms with E-state index in [-0.39, 0.29) is 44.3 Å². The van der Waals surface area contributed by atoms with Crippen molar-refractivity contribution in [1.29, 1.82) is 0 Å². The summed E-state index contributed by atoms with van der Waals surface area (Å²) in [6, 6.07) is 0. The van der Waals surface area contributed by atoms with Crippen LogP contribution in [0.4, 0.5) is 8.78 Å². The molecule has 1 heterocycles. The Morgan fingerprint density at radius 2 is 1.95 bits per heavy atom. The molecule has 2 unspecified atom stereocenters. The predicted molar refractivity (Wildman–Crippen MR) is 134 cm³/mol. The average Bonchev–Trinajstić information content (AvgIpc) is 3.35. The summed E-state index contributed by atoms with van der Waals surface area (Å²) in [5, 5.41) is 10.7. The SMILES string of the molecule is CCC(=O)O[C@@]1(C(=O)S[C@H]2COC(=O)C2)[C@H](C)CC2C3C[C@H](F)C4=CC(=O)C=C[C@]4(C)[C@@]3(F)[C@@H](O)C[C@@]21C. The highest BCUT2D eigenvalue weighted by molar-refractivity contribution is 8.14. The third kappa shape index (κ3) is 3.47. The summed E-state index contributed by atoms with van der Waals surface area (Å²) >= 11 is 0.896. The van der Waals surface area contributed by atoms with Crippen molar-refractivity contribution < 1.29 is 42.5 Å². The number of ketones is 1. The third-order valence-corrected chi connectivity index (χ3v) is 11.3. The quantitative estimate of drug-likeness (QED) is 0.525. The largest absolute Gasteiger partial charge is 0.464 e. The van der Waals surface area contributed by atoms with Gasteiger partial charge in [-0.15, -0.1) is 0 Å². The highest BCUT2D eigenvalue weighted by atomic mass is 32.2. The van der Waals surface area contributed by atoms with Gasteiger partial charge in [-0.1, -0.05) is 38.6 Å². The molecule has 0 bridgehead atoms. The second-order valence-corrected chi connectivity index (χ2v) is 13.2. The van der Waals surface area contributed by atoms with Crippen LogP contribution in [0.15, 0.2) is 23.8 Å². The molecule has 4 aliphatic carbocycles. The molecule has 4 fully saturated rings. The first kappa shape index (κ1) is 27.5. The standard InChI is InChI=1S/C28H34F2O7S/c1-5-22(33)37-28(24(35)38-16-10-23(34)36-13-16)14(2)8-17-18-11-20(29)19-9-15(31)6-7-25(19,3)27(18,30)21(32)12-26(17,28)4/h6-7,9,14,16-18,20-21,32H,5,8,10-13H2,1-4H3/t14-,16-,17?,18?,20+,21+,25+,26+,27+,28-/m1/s1. The molecule has 38 heavy (non-hydrogen) atoms. The Hall–Kier alpha value is -2.07. The van der Waals surface area contributed by atoms with Crippen LogP contribution in [-0.2, 0) is 28.7 Å². The van der Waals surface area contributed by atoms with Crippen molar-refractivity contribution in [2.45, 2.75) is 88.6 Å². The summed E-state index contributed by atoms with van der Waals surface area (Å²) in [6.07, 6.45) is 0.392. The Kier molecular flexibility index (Phi) is 6.50. The number of aliphatic hydroxyl groups is 1. The molecule has 0 aromatic heterocycles. The number of esters is 2. The molecule has 10 atom stereocenters. The lowest BCUT2D eigenvalue weighted by molar-refractivity contribution is -0.228. The first-order valence-electron chi connectivity index (χ1n) is 13.3. The molecule has 1 saturated heterocycles. The first-order valence-corrected chi connectivity index (χ1v) is 14.2. The second-order valence-electron chi connectivity index (χ2n) is 12.0. The van der Waals surface area contributed by atoms with E-state index < -0.39 is 80.2 Å². The number of halogens is 2. The maximum Gasteiger partial charge on any atom is 0.307 e. The fraction of sp³-hybridized carbons (Fsp3) is 0.714. The van der Waals surface area contributed by atoms with Crippen LogP contribution in [0.2, 0.25) is 0 Å². The summed E-state index contributed by atoms with van der Waals surface area (Å²) in [6.45, 7) is 6.70. The molecule has 3 saturated carbocycles. The molecule has 0 aromatic carbocycles. The van der Waals surface area contributed by atoms with E-state index in [1.807, 2.05) is 0 Å². The zero-order valence-electron chi connectivity index (χ0n) is 22.0. The Balaban J connectivity index is 1.60. The number of alkyl halides is 2. The zero-order chi connectivity index (χ0) is 27.8. The molecule has 7 nitrogen and oxygen atoms in total. The van der Waals surface area contributed by atoms with Gasteiger partial charge in [0.25, 0.3) is 0 Å². The van der Waals surface area contributed by atoms with E-state index in [0.717, 1.165) is 17.8 Å². The van der Waals surface area contributed by atoms with Gasteiger partial charge in [-0.2, -0.15) is 0 Å². The minimum Gasteiger partial charge on any atom is -0.464 e. The van der Waals surface area contributed by atoms with Crippen molar-refractivity contribution in [2.24, 2.45) is 28.6 Å². The molecule has 10 heteroatoms. The number of carbonyl (C=O) groups is 4. The number of hydrogen-bond acceptors (Lipinski definition) is 8. The number of cyclic esters (lactones) is 1. The maximum absolute atomic E-state index is 17.4. The lowest BCUT2D eigenvalue weighted by atomic mass is 9.44. The van der Waals surface area contributed by atoms with Gasteiger partial charge in [-0.3, -0.25) is 19.2 Å². The second kappa shape index (κ2) is 8.98. The number of allylic oxidation sites excluding steroid dienone is 4. The summed E-state index contributed by atoms with van der Waals surface area (Å²) in [5.41, 5.74) is -6.71. The Labute approximate surface area is 224 Å². The van der Waals surface area contributed by atoms with Gasteiger partial charge >= 0.3 is 11.9 Å². The van der Waals surface area contributed by atoms with Gasteiger partial charge in [-0.05, 0) is 49.8 Å². The van der Waals surface area contributed by atoms with Gasteiger partial charge in [0.05, 0.1) is 17.8 Å². The molecule has 5 aliphatic rings. The molecular formula is C28H34F2O7S. The van der Waals surface area contributed by atoms with Gasteiger partial charge in [0.2, 0.25) is 5.12 Å². The van der Waals surface area contributed by atoms with Crippen LogP contribution in [0.3, 0.4) is 0 Å². The third-order valence-electron chi connectivity index (χ3n) is 10.1. The maximum atomic E-state index is 17.4. The highest BCUT2D eigenvalue weighted by Gasteiger charge is 2.78. The van der Waals surface area contributed by atoms with Gasteiger partial charge < -0.3 is 14.6 Å². The van der Waals surface area contributed by atoms with E-state index in [0.29, 0.717) is 0 Å². The number of thioether (sulfide) groups is 1. The van der Waals surface area contributed by atoms with Crippen molar-refractivity contribution in [2.75, 3.05) is 6.61 Å². The Morgan fingerprint density at radius 1 is 1.24 bits per heavy atom. The number of carbonyl (C=O) groups excluding carboxylic acids is 4. The zero-order valence-corrected chi connectivity index (χ0v) is 22.8. The number of aliphatic hydroxyl groups excluding tert-OH is 1. The number of hydrogen-bond donors (Lipinski definition) is 1. The van der Waals surface area contributed by atoms with Crippen LogP contribution in [0, 0.1) is 28.6 Å². The molecular weight excluding hydrogens is 518 g/mol. The summed E-state index contributed by atoms with van der Waals surface area (Å²) in [4.78, 5) is 50.6. The lowest BCUT2D eigenvalue weighted by Crippen LogP contribution is -2.70. The summed E-state index contributed by atoms with van der Waals surface area (Å²) in [7, 11) is 0. The van der Waals surface area contributed by atoms with Crippen LogP contribution in [-0.4, -0.2) is 63.3 Å². The van der Waals surface area contributed by atoms with Crippen molar-refractivity contribution in [3.63, 3.8) is 0 Å². The van der Waals surface area contributed by atoms with Crippen LogP contribution < -0.4 is 0 Å². The fourth-order valence-electron chi connectivity index (χ4n) is 8.27. The Morgan fingerprint density at radius 3 is 2.58 bits per heavy atom. The van der Waals surface area contributed by atoms with E-state index in [9.17, 15) is 24.3 Å². The predicted octanol–water partition coefficient (Wildman–Crippen LogP) is 3.82.